The molecule has 0 aliphatic rings. The highest BCUT2D eigenvalue weighted by atomic mass is 16.3. The molecule has 0 fully saturated rings. The first kappa shape index (κ1) is 21.1. The van der Waals surface area contributed by atoms with E-state index in [0.717, 1.165) is 18.2 Å². The molecule has 1 aromatic heterocycles. The van der Waals surface area contributed by atoms with Crippen LogP contribution in [0.5, 0.6) is 34.5 Å². The first-order chi connectivity index (χ1) is 15.8. The minimum atomic E-state index is -0.258. The third kappa shape index (κ3) is 4.96. The Bertz CT molecular complexity index is 1160. The Morgan fingerprint density at radius 1 is 0.424 bits per heavy atom. The molecule has 0 saturated carbocycles. The number of anilines is 6. The van der Waals surface area contributed by atoms with E-state index < -0.39 is 0 Å². The maximum Gasteiger partial charge on any atom is 0.233 e. The van der Waals surface area contributed by atoms with Crippen molar-refractivity contribution in [3.05, 3.63) is 54.6 Å². The molecule has 12 heteroatoms. The van der Waals surface area contributed by atoms with E-state index >= 15 is 0 Å². The normalized spacial score (nSPS) is 10.5. The van der Waals surface area contributed by atoms with E-state index in [1.807, 2.05) is 0 Å². The molecule has 168 valence electrons. The zero-order valence-electron chi connectivity index (χ0n) is 16.7. The summed E-state index contributed by atoms with van der Waals surface area (Å²) < 4.78 is 0. The minimum absolute atomic E-state index is 0.0347. The van der Waals surface area contributed by atoms with E-state index in [1.165, 1.54) is 36.4 Å². The van der Waals surface area contributed by atoms with Gasteiger partial charge in [-0.1, -0.05) is 0 Å². The fraction of sp³-hybridized carbons (Fsp3) is 0. The molecular weight excluding hydrogens is 432 g/mol. The Kier molecular flexibility index (Phi) is 5.47. The van der Waals surface area contributed by atoms with Gasteiger partial charge in [0.2, 0.25) is 17.8 Å². The lowest BCUT2D eigenvalue weighted by Crippen LogP contribution is -2.07. The molecule has 0 aliphatic heterocycles. The molecule has 4 aromatic rings. The van der Waals surface area contributed by atoms with Gasteiger partial charge >= 0.3 is 0 Å². The van der Waals surface area contributed by atoms with Crippen LogP contribution in [0.4, 0.5) is 34.9 Å². The van der Waals surface area contributed by atoms with Gasteiger partial charge in [-0.15, -0.1) is 0 Å². The van der Waals surface area contributed by atoms with Gasteiger partial charge in [-0.2, -0.15) is 15.0 Å². The average molecular weight is 450 g/mol. The maximum absolute atomic E-state index is 10.0. The predicted molar refractivity (Wildman–Crippen MR) is 119 cm³/mol. The number of aromatic nitrogens is 3. The van der Waals surface area contributed by atoms with Crippen LogP contribution in [0, 0.1) is 0 Å². The van der Waals surface area contributed by atoms with E-state index in [1.54, 1.807) is 0 Å². The Morgan fingerprint density at radius 3 is 0.939 bits per heavy atom. The van der Waals surface area contributed by atoms with Crippen LogP contribution in [0.2, 0.25) is 0 Å². The third-order valence-electron chi connectivity index (χ3n) is 4.32. The molecule has 0 spiro atoms. The molecule has 0 bridgehead atoms. The fourth-order valence-electron chi connectivity index (χ4n) is 2.78. The first-order valence-electron chi connectivity index (χ1n) is 9.40. The van der Waals surface area contributed by atoms with Crippen LogP contribution in [-0.2, 0) is 0 Å². The largest absolute Gasteiger partial charge is 0.508 e. The molecule has 0 saturated heterocycles. The highest BCUT2D eigenvalue weighted by molar-refractivity contribution is 5.69. The van der Waals surface area contributed by atoms with Crippen molar-refractivity contribution in [3.8, 4) is 34.5 Å². The summed E-state index contributed by atoms with van der Waals surface area (Å²) in [6, 6.07) is 11.7. The standard InChI is InChI=1S/C21H18N6O6/c28-10-1-4-13(16(31)7-10)22-19-25-20(23-14-5-2-11(29)8-17(14)32)27-21(26-19)24-15-6-3-12(30)9-18(15)33/h1-9,28-33H,(H3,22,23,24,25,26,27). The molecule has 12 nitrogen and oxygen atoms in total. The van der Waals surface area contributed by atoms with Gasteiger partial charge in [0, 0.05) is 18.2 Å². The van der Waals surface area contributed by atoms with Crippen molar-refractivity contribution in [2.75, 3.05) is 16.0 Å². The molecular formula is C21H18N6O6. The number of rotatable bonds is 6. The van der Waals surface area contributed by atoms with E-state index in [0.29, 0.717) is 0 Å². The number of phenolic OH excluding ortho intramolecular Hbond substituents is 6. The number of nitrogens with zero attached hydrogens (tertiary/aromatic N) is 3. The Balaban J connectivity index is 1.71. The predicted octanol–water partition coefficient (Wildman–Crippen LogP) is 3.34. The number of aromatic hydroxyl groups is 6. The zero-order valence-corrected chi connectivity index (χ0v) is 16.7. The van der Waals surface area contributed by atoms with Gasteiger partial charge in [0.05, 0.1) is 17.1 Å². The quantitative estimate of drug-likeness (QED) is 0.154. The molecule has 9 N–H and O–H groups in total. The Labute approximate surface area is 186 Å². The van der Waals surface area contributed by atoms with Crippen molar-refractivity contribution in [2.24, 2.45) is 0 Å². The molecule has 33 heavy (non-hydrogen) atoms. The maximum atomic E-state index is 10.0. The fourth-order valence-corrected chi connectivity index (χ4v) is 2.78. The summed E-state index contributed by atoms with van der Waals surface area (Å²) in [6.07, 6.45) is 0. The molecule has 0 amide bonds. The van der Waals surface area contributed by atoms with Crippen molar-refractivity contribution < 1.29 is 30.6 Å². The van der Waals surface area contributed by atoms with Crippen molar-refractivity contribution >= 4 is 34.9 Å². The summed E-state index contributed by atoms with van der Waals surface area (Å²) >= 11 is 0. The molecule has 4 rings (SSSR count). The second-order valence-corrected chi connectivity index (χ2v) is 6.79. The average Bonchev–Trinajstić information content (AvgIpc) is 2.74. The summed E-state index contributed by atoms with van der Waals surface area (Å²) in [7, 11) is 0. The summed E-state index contributed by atoms with van der Waals surface area (Å²) in [6.45, 7) is 0. The lowest BCUT2D eigenvalue weighted by atomic mass is 10.2. The van der Waals surface area contributed by atoms with E-state index in [2.05, 4.69) is 30.9 Å². The van der Waals surface area contributed by atoms with Gasteiger partial charge in [0.15, 0.2) is 0 Å². The van der Waals surface area contributed by atoms with E-state index in [-0.39, 0.29) is 69.4 Å². The smallest absolute Gasteiger partial charge is 0.233 e. The van der Waals surface area contributed by atoms with Crippen molar-refractivity contribution in [3.63, 3.8) is 0 Å². The van der Waals surface area contributed by atoms with Crippen LogP contribution < -0.4 is 16.0 Å². The van der Waals surface area contributed by atoms with E-state index in [4.69, 9.17) is 0 Å². The van der Waals surface area contributed by atoms with Gasteiger partial charge < -0.3 is 46.6 Å². The van der Waals surface area contributed by atoms with Crippen LogP contribution in [0.1, 0.15) is 0 Å². The Morgan fingerprint density at radius 2 is 0.697 bits per heavy atom. The highest BCUT2D eigenvalue weighted by Gasteiger charge is 2.13. The first-order valence-corrected chi connectivity index (χ1v) is 9.40. The number of benzene rings is 3. The minimum Gasteiger partial charge on any atom is -0.508 e. The van der Waals surface area contributed by atoms with Gasteiger partial charge in [0.25, 0.3) is 0 Å². The highest BCUT2D eigenvalue weighted by Crippen LogP contribution is 2.33. The molecule has 0 unspecified atom stereocenters. The molecule has 0 atom stereocenters. The summed E-state index contributed by atoms with van der Waals surface area (Å²) in [5, 5.41) is 67.0. The second-order valence-electron chi connectivity index (χ2n) is 6.79. The second kappa shape index (κ2) is 8.55. The number of nitrogens with one attached hydrogen (secondary N) is 3. The van der Waals surface area contributed by atoms with Crippen LogP contribution in [0.3, 0.4) is 0 Å². The topological polar surface area (TPSA) is 196 Å². The van der Waals surface area contributed by atoms with Crippen molar-refractivity contribution in [2.45, 2.75) is 0 Å². The van der Waals surface area contributed by atoms with Crippen LogP contribution in [0.15, 0.2) is 54.6 Å². The SMILES string of the molecule is Oc1ccc(Nc2nc(Nc3ccc(O)cc3O)nc(Nc3ccc(O)cc3O)n2)c(O)c1. The van der Waals surface area contributed by atoms with Crippen LogP contribution >= 0.6 is 0 Å². The molecule has 1 heterocycles. The lowest BCUT2D eigenvalue weighted by molar-refractivity contribution is 0.451. The van der Waals surface area contributed by atoms with E-state index in [9.17, 15) is 30.6 Å². The third-order valence-corrected chi connectivity index (χ3v) is 4.32. The lowest BCUT2D eigenvalue weighted by Gasteiger charge is -2.13. The number of phenols is 6. The molecule has 3 aromatic carbocycles. The van der Waals surface area contributed by atoms with Gasteiger partial charge in [-0.3, -0.25) is 0 Å². The summed E-state index contributed by atoms with van der Waals surface area (Å²) in [5.41, 5.74) is 0.572. The zero-order chi connectivity index (χ0) is 23.5. The molecule has 0 aliphatic carbocycles. The van der Waals surface area contributed by atoms with Gasteiger partial charge in [-0.05, 0) is 36.4 Å². The van der Waals surface area contributed by atoms with Crippen LogP contribution in [0.25, 0.3) is 0 Å². The van der Waals surface area contributed by atoms with Crippen molar-refractivity contribution in [1.82, 2.24) is 15.0 Å². The van der Waals surface area contributed by atoms with Gasteiger partial charge in [0.1, 0.15) is 34.5 Å². The number of hydrogen-bond donors (Lipinski definition) is 9. The van der Waals surface area contributed by atoms with Crippen LogP contribution in [-0.4, -0.2) is 45.6 Å². The summed E-state index contributed by atoms with van der Waals surface area (Å²) in [4.78, 5) is 12.6. The van der Waals surface area contributed by atoms with Gasteiger partial charge in [-0.25, -0.2) is 0 Å². The number of hydrogen-bond acceptors (Lipinski definition) is 12. The Hall–Kier alpha value is -5.13. The monoisotopic (exact) mass is 450 g/mol. The summed E-state index contributed by atoms with van der Waals surface area (Å²) in [5.74, 6) is -1.28. The van der Waals surface area contributed by atoms with Crippen molar-refractivity contribution in [1.29, 1.82) is 0 Å². The molecule has 0 radical (unpaired) electrons.